The van der Waals surface area contributed by atoms with E-state index in [9.17, 15) is 9.59 Å². The lowest BCUT2D eigenvalue weighted by Crippen LogP contribution is -2.31. The number of carbonyl (C=O) groups is 2. The molecule has 0 bridgehead atoms. The number of rotatable bonds is 5. The van der Waals surface area contributed by atoms with Crippen LogP contribution in [0.3, 0.4) is 0 Å². The van der Waals surface area contributed by atoms with Crippen LogP contribution in [0.5, 0.6) is 0 Å². The standard InChI is InChI=1S/C8H15BO4/c1-4-8(2,3)6(11)13-7(9)12-5-10/h5,7H,4,9H2,1-3H3. The molecule has 74 valence electrons. The van der Waals surface area contributed by atoms with Crippen LogP contribution in [0.4, 0.5) is 0 Å². The van der Waals surface area contributed by atoms with Gasteiger partial charge in [0.25, 0.3) is 6.47 Å². The van der Waals surface area contributed by atoms with Gasteiger partial charge in [-0.05, 0) is 20.3 Å². The second-order valence-electron chi connectivity index (χ2n) is 3.44. The van der Waals surface area contributed by atoms with Crippen molar-refractivity contribution in [1.29, 1.82) is 0 Å². The van der Waals surface area contributed by atoms with Crippen LogP contribution >= 0.6 is 0 Å². The summed E-state index contributed by atoms with van der Waals surface area (Å²) in [7, 11) is 1.50. The topological polar surface area (TPSA) is 52.6 Å². The van der Waals surface area contributed by atoms with Crippen molar-refractivity contribution in [3.8, 4) is 0 Å². The van der Waals surface area contributed by atoms with Gasteiger partial charge in [0.05, 0.1) is 5.41 Å². The summed E-state index contributed by atoms with van der Waals surface area (Å²) in [5.74, 6) is -0.357. The molecule has 0 aliphatic carbocycles. The van der Waals surface area contributed by atoms with E-state index >= 15 is 0 Å². The van der Waals surface area contributed by atoms with Crippen molar-refractivity contribution in [3.05, 3.63) is 0 Å². The molecule has 13 heavy (non-hydrogen) atoms. The zero-order valence-corrected chi connectivity index (χ0v) is 8.49. The van der Waals surface area contributed by atoms with Gasteiger partial charge in [0.1, 0.15) is 0 Å². The normalized spacial score (nSPS) is 13.2. The molecule has 4 nitrogen and oxygen atoms in total. The Morgan fingerprint density at radius 3 is 2.54 bits per heavy atom. The molecule has 0 fully saturated rings. The van der Waals surface area contributed by atoms with Crippen molar-refractivity contribution in [2.75, 3.05) is 0 Å². The van der Waals surface area contributed by atoms with Crippen LogP contribution < -0.4 is 0 Å². The Labute approximate surface area is 79.0 Å². The summed E-state index contributed by atoms with van der Waals surface area (Å²) < 4.78 is 9.28. The van der Waals surface area contributed by atoms with Crippen LogP contribution in [0.25, 0.3) is 0 Å². The van der Waals surface area contributed by atoms with Crippen molar-refractivity contribution in [2.45, 2.75) is 33.4 Å². The minimum Gasteiger partial charge on any atom is -0.437 e. The highest BCUT2D eigenvalue weighted by atomic mass is 16.7. The molecule has 1 atom stereocenters. The second kappa shape index (κ2) is 4.89. The quantitative estimate of drug-likeness (QED) is 0.263. The molecule has 0 N–H and O–H groups in total. The van der Waals surface area contributed by atoms with E-state index < -0.39 is 11.6 Å². The van der Waals surface area contributed by atoms with E-state index in [-0.39, 0.29) is 12.4 Å². The molecule has 0 saturated heterocycles. The molecule has 0 spiro atoms. The summed E-state index contributed by atoms with van der Waals surface area (Å²) in [6, 6.07) is 0. The fourth-order valence-corrected chi connectivity index (χ4v) is 0.561. The first-order valence-corrected chi connectivity index (χ1v) is 4.24. The SMILES string of the molecule is BC(OC=O)OC(=O)C(C)(C)CC. The summed E-state index contributed by atoms with van der Waals surface area (Å²) in [6.07, 6.45) is -0.129. The van der Waals surface area contributed by atoms with Crippen molar-refractivity contribution in [2.24, 2.45) is 5.41 Å². The van der Waals surface area contributed by atoms with Crippen molar-refractivity contribution < 1.29 is 19.1 Å². The molecule has 0 aromatic rings. The Morgan fingerprint density at radius 1 is 1.62 bits per heavy atom. The molecular formula is C8H15BO4. The third-order valence-corrected chi connectivity index (χ3v) is 1.96. The molecule has 0 aliphatic heterocycles. The maximum absolute atomic E-state index is 11.4. The molecule has 1 unspecified atom stereocenters. The summed E-state index contributed by atoms with van der Waals surface area (Å²) in [6.45, 7) is 5.72. The maximum Gasteiger partial charge on any atom is 0.313 e. The van der Waals surface area contributed by atoms with E-state index in [0.717, 1.165) is 0 Å². The van der Waals surface area contributed by atoms with Crippen LogP contribution in [0.2, 0.25) is 0 Å². The van der Waals surface area contributed by atoms with Crippen LogP contribution in [-0.4, -0.2) is 26.5 Å². The minimum absolute atomic E-state index is 0.261. The number of carbonyl (C=O) groups excluding carboxylic acids is 2. The highest BCUT2D eigenvalue weighted by molar-refractivity contribution is 6.11. The lowest BCUT2D eigenvalue weighted by atomic mass is 9.90. The molecular weight excluding hydrogens is 171 g/mol. The van der Waals surface area contributed by atoms with Gasteiger partial charge in [0.15, 0.2) is 0 Å². The zero-order chi connectivity index (χ0) is 10.5. The average Bonchev–Trinajstić information content (AvgIpc) is 2.04. The third kappa shape index (κ3) is 3.96. The van der Waals surface area contributed by atoms with E-state index in [1.807, 2.05) is 6.92 Å². The third-order valence-electron chi connectivity index (χ3n) is 1.96. The van der Waals surface area contributed by atoms with E-state index in [4.69, 9.17) is 4.74 Å². The summed E-state index contributed by atoms with van der Waals surface area (Å²) in [5.41, 5.74) is -0.527. The van der Waals surface area contributed by atoms with Crippen LogP contribution in [0.15, 0.2) is 0 Å². The Bertz CT molecular complexity index is 191. The molecule has 0 saturated carbocycles. The number of ether oxygens (including phenoxy) is 2. The number of esters is 1. The first-order valence-electron chi connectivity index (χ1n) is 4.24. The molecule has 0 aliphatic rings. The second-order valence-corrected chi connectivity index (χ2v) is 3.44. The first-order chi connectivity index (χ1) is 5.94. The first kappa shape index (κ1) is 12.0. The molecule has 0 radical (unpaired) electrons. The fourth-order valence-electron chi connectivity index (χ4n) is 0.561. The van der Waals surface area contributed by atoms with Crippen LogP contribution in [0.1, 0.15) is 27.2 Å². The van der Waals surface area contributed by atoms with E-state index in [2.05, 4.69) is 4.74 Å². The Balaban J connectivity index is 4.06. The largest absolute Gasteiger partial charge is 0.437 e. The van der Waals surface area contributed by atoms with E-state index in [1.54, 1.807) is 13.8 Å². The van der Waals surface area contributed by atoms with Crippen molar-refractivity contribution >= 4 is 20.3 Å². The zero-order valence-electron chi connectivity index (χ0n) is 8.49. The van der Waals surface area contributed by atoms with E-state index in [1.165, 1.54) is 7.85 Å². The lowest BCUT2D eigenvalue weighted by molar-refractivity contribution is -0.174. The van der Waals surface area contributed by atoms with Gasteiger partial charge in [-0.3, -0.25) is 9.59 Å². The van der Waals surface area contributed by atoms with Crippen molar-refractivity contribution in [1.82, 2.24) is 0 Å². The predicted molar refractivity (Wildman–Crippen MR) is 49.6 cm³/mol. The summed E-state index contributed by atoms with van der Waals surface area (Å²) in [4.78, 5) is 21.3. The maximum atomic E-state index is 11.4. The van der Waals surface area contributed by atoms with Gasteiger partial charge in [-0.2, -0.15) is 0 Å². The molecule has 5 heteroatoms. The van der Waals surface area contributed by atoms with Gasteiger partial charge in [0.2, 0.25) is 14.0 Å². The van der Waals surface area contributed by atoms with Gasteiger partial charge in [0, 0.05) is 0 Å². The molecule has 0 amide bonds. The summed E-state index contributed by atoms with van der Waals surface area (Å²) >= 11 is 0. The van der Waals surface area contributed by atoms with Gasteiger partial charge >= 0.3 is 5.97 Å². The van der Waals surface area contributed by atoms with Gasteiger partial charge in [-0.15, -0.1) is 0 Å². The number of hydrogen-bond donors (Lipinski definition) is 0. The van der Waals surface area contributed by atoms with Crippen molar-refractivity contribution in [3.63, 3.8) is 0 Å². The predicted octanol–water partition coefficient (Wildman–Crippen LogP) is 0.0555. The fraction of sp³-hybridized carbons (Fsp3) is 0.750. The molecule has 0 aromatic heterocycles. The van der Waals surface area contributed by atoms with Crippen LogP contribution in [0, 0.1) is 5.41 Å². The highest BCUT2D eigenvalue weighted by Gasteiger charge is 2.28. The molecule has 0 rings (SSSR count). The van der Waals surface area contributed by atoms with Gasteiger partial charge in [-0.25, -0.2) is 0 Å². The minimum atomic E-state index is -0.809. The average molecular weight is 186 g/mol. The lowest BCUT2D eigenvalue weighted by Gasteiger charge is -2.22. The molecule has 0 heterocycles. The van der Waals surface area contributed by atoms with E-state index in [0.29, 0.717) is 6.42 Å². The number of hydrogen-bond acceptors (Lipinski definition) is 4. The van der Waals surface area contributed by atoms with Gasteiger partial charge < -0.3 is 9.47 Å². The Kier molecular flexibility index (Phi) is 4.52. The Morgan fingerprint density at radius 2 is 2.15 bits per heavy atom. The smallest absolute Gasteiger partial charge is 0.313 e. The van der Waals surface area contributed by atoms with Crippen LogP contribution in [-0.2, 0) is 19.1 Å². The Hall–Kier alpha value is -0.995. The molecule has 0 aromatic carbocycles. The van der Waals surface area contributed by atoms with Gasteiger partial charge in [-0.1, -0.05) is 6.92 Å². The summed E-state index contributed by atoms with van der Waals surface area (Å²) in [5, 5.41) is 0. The highest BCUT2D eigenvalue weighted by Crippen LogP contribution is 2.21. The monoisotopic (exact) mass is 186 g/mol.